The van der Waals surface area contributed by atoms with Crippen LogP contribution in [0.1, 0.15) is 56.2 Å². The molecule has 44 heavy (non-hydrogen) atoms. The van der Waals surface area contributed by atoms with Crippen molar-refractivity contribution in [1.82, 2.24) is 14.6 Å². The Morgan fingerprint density at radius 2 is 1.68 bits per heavy atom. The molecule has 2 heterocycles. The van der Waals surface area contributed by atoms with Crippen molar-refractivity contribution in [1.29, 1.82) is 0 Å². The number of esters is 1. The summed E-state index contributed by atoms with van der Waals surface area (Å²) in [7, 11) is -4.06. The van der Waals surface area contributed by atoms with Crippen molar-refractivity contribution >= 4 is 43.5 Å². The third-order valence-electron chi connectivity index (χ3n) is 8.43. The summed E-state index contributed by atoms with van der Waals surface area (Å²) in [5, 5.41) is 0.697. The Balaban J connectivity index is 1.37. The van der Waals surface area contributed by atoms with Gasteiger partial charge in [0.1, 0.15) is 6.04 Å². The first-order valence-electron chi connectivity index (χ1n) is 15.0. The summed E-state index contributed by atoms with van der Waals surface area (Å²) in [4.78, 5) is 31.6. The van der Waals surface area contributed by atoms with Gasteiger partial charge in [-0.1, -0.05) is 68.4 Å². The van der Waals surface area contributed by atoms with Gasteiger partial charge >= 0.3 is 5.97 Å². The minimum absolute atomic E-state index is 0.116. The molecule has 3 aromatic carbocycles. The molecule has 1 amide bonds. The molecule has 8 nitrogen and oxygen atoms in total. The van der Waals surface area contributed by atoms with Crippen molar-refractivity contribution in [3.63, 3.8) is 0 Å². The number of aromatic nitrogens is 1. The number of amides is 1. The predicted molar refractivity (Wildman–Crippen MR) is 173 cm³/mol. The summed E-state index contributed by atoms with van der Waals surface area (Å²) in [5.41, 5.74) is 2.33. The number of ether oxygens (including phenoxy) is 1. The van der Waals surface area contributed by atoms with E-state index in [1.165, 1.54) is 18.3 Å². The van der Waals surface area contributed by atoms with E-state index < -0.39 is 21.5 Å². The van der Waals surface area contributed by atoms with Crippen molar-refractivity contribution in [3.8, 4) is 0 Å². The minimum atomic E-state index is -4.06. The quantitative estimate of drug-likeness (QED) is 0.212. The van der Waals surface area contributed by atoms with E-state index in [2.05, 4.69) is 18.6 Å². The number of hydrogen-bond donors (Lipinski definition) is 1. The molecule has 1 aromatic heterocycles. The number of nitrogens with one attached hydrogen (secondary N) is 1. The van der Waals surface area contributed by atoms with Crippen molar-refractivity contribution < 1.29 is 22.7 Å². The van der Waals surface area contributed by atoms with Crippen LogP contribution in [0.2, 0.25) is 0 Å². The largest absolute Gasteiger partial charge is 0.466 e. The number of benzene rings is 3. The molecule has 1 unspecified atom stereocenters. The number of carbonyl (C=O) groups is 2. The molecule has 0 bridgehead atoms. The molecule has 232 valence electrons. The molecule has 1 fully saturated rings. The molecule has 10 heteroatoms. The van der Waals surface area contributed by atoms with E-state index in [0.717, 1.165) is 40.6 Å². The summed E-state index contributed by atoms with van der Waals surface area (Å²) >= 11 is 1.47. The summed E-state index contributed by atoms with van der Waals surface area (Å²) in [6.45, 7) is 6.93. The maximum Gasteiger partial charge on any atom is 0.302 e. The van der Waals surface area contributed by atoms with Crippen molar-refractivity contribution in [3.05, 3.63) is 95.0 Å². The number of piperidine rings is 1. The van der Waals surface area contributed by atoms with Gasteiger partial charge in [0, 0.05) is 31.8 Å². The zero-order valence-corrected chi connectivity index (χ0v) is 27.0. The van der Waals surface area contributed by atoms with Gasteiger partial charge in [-0.15, -0.1) is 11.3 Å². The van der Waals surface area contributed by atoms with Gasteiger partial charge in [0.05, 0.1) is 26.7 Å². The molecule has 1 aliphatic rings. The number of rotatable bonds is 11. The molecule has 1 aliphatic heterocycles. The summed E-state index contributed by atoms with van der Waals surface area (Å²) in [5.74, 6) is -0.211. The molecule has 1 atom stereocenters. The van der Waals surface area contributed by atoms with Crippen LogP contribution in [-0.4, -0.2) is 55.9 Å². The maximum absolute atomic E-state index is 14.0. The first-order valence-corrected chi connectivity index (χ1v) is 17.3. The highest BCUT2D eigenvalue weighted by atomic mass is 32.2. The molecule has 5 rings (SSSR count). The van der Waals surface area contributed by atoms with E-state index in [1.807, 2.05) is 60.7 Å². The van der Waals surface area contributed by atoms with Crippen LogP contribution in [-0.2, 0) is 36.2 Å². The van der Waals surface area contributed by atoms with Crippen LogP contribution >= 0.6 is 11.3 Å². The first-order chi connectivity index (χ1) is 21.0. The fourth-order valence-corrected chi connectivity index (χ4v) is 7.97. The average Bonchev–Trinajstić information content (AvgIpc) is 3.43. The SMILES string of the molecule is CC(=O)OCCC1CCN(C(=O)C(Cc2nc3ccccc3s2)NS(=O)(=O)c2cccc(C(C)(C)c3ccccc3)c2)CC1. The first kappa shape index (κ1) is 31.8. The Morgan fingerprint density at radius 1 is 1.00 bits per heavy atom. The van der Waals surface area contributed by atoms with Gasteiger partial charge in [-0.2, -0.15) is 4.72 Å². The molecule has 1 saturated heterocycles. The second-order valence-corrected chi connectivity index (χ2v) is 14.7. The minimum Gasteiger partial charge on any atom is -0.466 e. The van der Waals surface area contributed by atoms with Crippen LogP contribution in [0.5, 0.6) is 0 Å². The third kappa shape index (κ3) is 7.54. The van der Waals surface area contributed by atoms with Crippen LogP contribution in [0.25, 0.3) is 10.2 Å². The number of fused-ring (bicyclic) bond motifs is 1. The van der Waals surface area contributed by atoms with E-state index in [9.17, 15) is 18.0 Å². The van der Waals surface area contributed by atoms with Crippen LogP contribution < -0.4 is 4.72 Å². The summed E-state index contributed by atoms with van der Waals surface area (Å²) in [6.07, 6.45) is 2.44. The van der Waals surface area contributed by atoms with Gasteiger partial charge in [0.2, 0.25) is 15.9 Å². The fourth-order valence-electron chi connectivity index (χ4n) is 5.72. The topological polar surface area (TPSA) is 106 Å². The highest BCUT2D eigenvalue weighted by molar-refractivity contribution is 7.89. The van der Waals surface area contributed by atoms with Gasteiger partial charge < -0.3 is 9.64 Å². The lowest BCUT2D eigenvalue weighted by atomic mass is 9.78. The van der Waals surface area contributed by atoms with Crippen molar-refractivity contribution in [2.45, 2.75) is 62.8 Å². The van der Waals surface area contributed by atoms with Gasteiger partial charge in [-0.25, -0.2) is 13.4 Å². The fraction of sp³-hybridized carbons (Fsp3) is 0.382. The van der Waals surface area contributed by atoms with E-state index in [0.29, 0.717) is 30.6 Å². The van der Waals surface area contributed by atoms with Gasteiger partial charge in [0.15, 0.2) is 0 Å². The number of nitrogens with zero attached hydrogens (tertiary/aromatic N) is 2. The van der Waals surface area contributed by atoms with Gasteiger partial charge in [0.25, 0.3) is 0 Å². The van der Waals surface area contributed by atoms with Crippen molar-refractivity contribution in [2.24, 2.45) is 5.92 Å². The lowest BCUT2D eigenvalue weighted by molar-refractivity contribution is -0.141. The normalized spacial score (nSPS) is 15.3. The Bertz CT molecular complexity index is 1680. The van der Waals surface area contributed by atoms with Crippen LogP contribution in [0.15, 0.2) is 83.8 Å². The average molecular weight is 634 g/mol. The molecule has 4 aromatic rings. The number of sulfonamides is 1. The summed E-state index contributed by atoms with van der Waals surface area (Å²) < 4.78 is 36.6. The zero-order chi connectivity index (χ0) is 31.3. The lowest BCUT2D eigenvalue weighted by Gasteiger charge is -2.34. The van der Waals surface area contributed by atoms with E-state index in [4.69, 9.17) is 9.72 Å². The molecular formula is C34H39N3O5S2. The highest BCUT2D eigenvalue weighted by Crippen LogP contribution is 2.33. The molecule has 1 N–H and O–H groups in total. The Morgan fingerprint density at radius 3 is 2.39 bits per heavy atom. The monoisotopic (exact) mass is 633 g/mol. The number of hydrogen-bond acceptors (Lipinski definition) is 7. The Kier molecular flexibility index (Phi) is 9.82. The third-order valence-corrected chi connectivity index (χ3v) is 11.0. The highest BCUT2D eigenvalue weighted by Gasteiger charge is 2.33. The van der Waals surface area contributed by atoms with Crippen molar-refractivity contribution in [2.75, 3.05) is 19.7 Å². The second kappa shape index (κ2) is 13.6. The van der Waals surface area contributed by atoms with E-state index >= 15 is 0 Å². The standard InChI is InChI=1S/C34H39N3O5S2/c1-24(38)42-21-18-25-16-19-37(20-17-25)33(39)30(23-32-35-29-14-7-8-15-31(29)43-32)36-44(40,41)28-13-9-12-27(22-28)34(2,3)26-10-5-4-6-11-26/h4-15,22,25,30,36H,16-21,23H2,1-3H3. The van der Waals surface area contributed by atoms with Gasteiger partial charge in [-0.05, 0) is 60.6 Å². The molecule has 0 radical (unpaired) electrons. The van der Waals surface area contributed by atoms with E-state index in [-0.39, 0.29) is 23.2 Å². The molecule has 0 aliphatic carbocycles. The summed E-state index contributed by atoms with van der Waals surface area (Å²) in [6, 6.07) is 23.6. The Labute approximate surface area is 263 Å². The number of thiazole rings is 1. The smallest absolute Gasteiger partial charge is 0.302 e. The molecular weight excluding hydrogens is 595 g/mol. The number of likely N-dealkylation sites (tertiary alicyclic amines) is 1. The van der Waals surface area contributed by atoms with Gasteiger partial charge in [-0.3, -0.25) is 9.59 Å². The predicted octanol–water partition coefficient (Wildman–Crippen LogP) is 5.70. The van der Waals surface area contributed by atoms with Crippen LogP contribution in [0, 0.1) is 5.92 Å². The second-order valence-electron chi connectivity index (χ2n) is 11.9. The van der Waals surface area contributed by atoms with Crippen LogP contribution in [0.4, 0.5) is 0 Å². The number of carbonyl (C=O) groups excluding carboxylic acids is 2. The molecule has 0 saturated carbocycles. The number of para-hydroxylation sites is 1. The maximum atomic E-state index is 14.0. The van der Waals surface area contributed by atoms with Crippen LogP contribution in [0.3, 0.4) is 0 Å². The van der Waals surface area contributed by atoms with E-state index in [1.54, 1.807) is 23.1 Å². The zero-order valence-electron chi connectivity index (χ0n) is 25.4. The molecule has 0 spiro atoms. The lowest BCUT2D eigenvalue weighted by Crippen LogP contribution is -2.51. The Hall–Kier alpha value is -3.60.